The summed E-state index contributed by atoms with van der Waals surface area (Å²) in [5, 5.41) is 4.47. The maximum absolute atomic E-state index is 13.0. The van der Waals surface area contributed by atoms with Gasteiger partial charge in [-0.15, -0.1) is 0 Å². The Kier molecular flexibility index (Phi) is 3.28. The summed E-state index contributed by atoms with van der Waals surface area (Å²) in [7, 11) is 0. The van der Waals surface area contributed by atoms with E-state index in [2.05, 4.69) is 21.0 Å². The second kappa shape index (κ2) is 5.09. The van der Waals surface area contributed by atoms with Crippen LogP contribution in [-0.4, -0.2) is 9.78 Å². The van der Waals surface area contributed by atoms with Crippen LogP contribution in [0.5, 0.6) is 0 Å². The number of hydrogen-bond acceptors (Lipinski definition) is 2. The Bertz CT molecular complexity index is 750. The molecule has 3 nitrogen and oxygen atoms in total. The van der Waals surface area contributed by atoms with Crippen molar-refractivity contribution in [2.75, 3.05) is 5.73 Å². The lowest BCUT2D eigenvalue weighted by Crippen LogP contribution is -1.94. The molecule has 1 aromatic heterocycles. The molecule has 100 valence electrons. The minimum atomic E-state index is -0.279. The van der Waals surface area contributed by atoms with Gasteiger partial charge in [0.2, 0.25) is 0 Å². The molecular formula is C15H11BrFN3. The Hall–Kier alpha value is -2.14. The standard InChI is InChI=1S/C15H11BrFN3/c16-11-2-1-3-13(8-11)20-9-14(18)15(19-20)10-4-6-12(17)7-5-10/h1-9H,18H2. The number of anilines is 1. The molecule has 0 fully saturated rings. The zero-order chi connectivity index (χ0) is 14.1. The second-order valence-electron chi connectivity index (χ2n) is 4.36. The van der Waals surface area contributed by atoms with Crippen molar-refractivity contribution < 1.29 is 4.39 Å². The van der Waals surface area contributed by atoms with Crippen LogP contribution in [0.3, 0.4) is 0 Å². The first-order valence-corrected chi connectivity index (χ1v) is 6.80. The Morgan fingerprint density at radius 3 is 2.55 bits per heavy atom. The van der Waals surface area contributed by atoms with E-state index in [4.69, 9.17) is 5.73 Å². The molecule has 1 heterocycles. The Morgan fingerprint density at radius 1 is 1.10 bits per heavy atom. The molecule has 2 aromatic carbocycles. The summed E-state index contributed by atoms with van der Waals surface area (Å²) < 4.78 is 15.6. The van der Waals surface area contributed by atoms with E-state index in [0.29, 0.717) is 11.4 Å². The molecule has 0 aliphatic rings. The number of nitrogens with two attached hydrogens (primary N) is 1. The minimum absolute atomic E-state index is 0.279. The number of benzene rings is 2. The third-order valence-corrected chi connectivity index (χ3v) is 3.43. The molecule has 20 heavy (non-hydrogen) atoms. The molecule has 2 N–H and O–H groups in total. The molecule has 3 rings (SSSR count). The molecule has 0 unspecified atom stereocenters. The van der Waals surface area contributed by atoms with Crippen LogP contribution < -0.4 is 5.73 Å². The summed E-state index contributed by atoms with van der Waals surface area (Å²) in [5.41, 5.74) is 8.89. The summed E-state index contributed by atoms with van der Waals surface area (Å²) in [6.07, 6.45) is 1.75. The molecule has 0 spiro atoms. The lowest BCUT2D eigenvalue weighted by atomic mass is 10.1. The smallest absolute Gasteiger partial charge is 0.123 e. The van der Waals surface area contributed by atoms with Crippen LogP contribution in [-0.2, 0) is 0 Å². The fourth-order valence-electron chi connectivity index (χ4n) is 1.97. The van der Waals surface area contributed by atoms with E-state index in [1.54, 1.807) is 23.0 Å². The van der Waals surface area contributed by atoms with Crippen molar-refractivity contribution in [3.63, 3.8) is 0 Å². The van der Waals surface area contributed by atoms with Crippen LogP contribution in [0.4, 0.5) is 10.1 Å². The summed E-state index contributed by atoms with van der Waals surface area (Å²) in [6, 6.07) is 13.9. The van der Waals surface area contributed by atoms with E-state index in [9.17, 15) is 4.39 Å². The monoisotopic (exact) mass is 331 g/mol. The van der Waals surface area contributed by atoms with E-state index < -0.39 is 0 Å². The van der Waals surface area contributed by atoms with E-state index in [0.717, 1.165) is 15.7 Å². The number of nitrogens with zero attached hydrogens (tertiary/aromatic N) is 2. The zero-order valence-corrected chi connectivity index (χ0v) is 12.0. The maximum atomic E-state index is 13.0. The van der Waals surface area contributed by atoms with Crippen LogP contribution in [0.25, 0.3) is 16.9 Å². The fraction of sp³-hybridized carbons (Fsp3) is 0. The Labute approximate surface area is 124 Å². The van der Waals surface area contributed by atoms with Gasteiger partial charge in [0.05, 0.1) is 17.6 Å². The summed E-state index contributed by atoms with van der Waals surface area (Å²) in [5.74, 6) is -0.279. The topological polar surface area (TPSA) is 43.8 Å². The normalized spacial score (nSPS) is 10.7. The number of hydrogen-bond donors (Lipinski definition) is 1. The minimum Gasteiger partial charge on any atom is -0.396 e. The molecular weight excluding hydrogens is 321 g/mol. The van der Waals surface area contributed by atoms with E-state index in [-0.39, 0.29) is 5.82 Å². The van der Waals surface area contributed by atoms with Crippen molar-refractivity contribution in [1.29, 1.82) is 0 Å². The molecule has 0 aliphatic heterocycles. The van der Waals surface area contributed by atoms with Crippen molar-refractivity contribution in [2.24, 2.45) is 0 Å². The lowest BCUT2D eigenvalue weighted by molar-refractivity contribution is 0.628. The Balaban J connectivity index is 2.05. The molecule has 0 bridgehead atoms. The van der Waals surface area contributed by atoms with Gasteiger partial charge < -0.3 is 5.73 Å². The van der Waals surface area contributed by atoms with E-state index >= 15 is 0 Å². The van der Waals surface area contributed by atoms with E-state index in [1.165, 1.54) is 12.1 Å². The van der Waals surface area contributed by atoms with Crippen LogP contribution in [0.15, 0.2) is 59.2 Å². The van der Waals surface area contributed by atoms with Gasteiger partial charge >= 0.3 is 0 Å². The highest BCUT2D eigenvalue weighted by Crippen LogP contribution is 2.26. The zero-order valence-electron chi connectivity index (χ0n) is 10.4. The molecule has 5 heteroatoms. The summed E-state index contributed by atoms with van der Waals surface area (Å²) >= 11 is 3.42. The molecule has 0 saturated heterocycles. The predicted octanol–water partition coefficient (Wildman–Crippen LogP) is 4.02. The van der Waals surface area contributed by atoms with Crippen molar-refractivity contribution in [3.05, 3.63) is 65.0 Å². The average molecular weight is 332 g/mol. The van der Waals surface area contributed by atoms with Gasteiger partial charge in [0.1, 0.15) is 11.5 Å². The van der Waals surface area contributed by atoms with Gasteiger partial charge in [-0.05, 0) is 42.5 Å². The second-order valence-corrected chi connectivity index (χ2v) is 5.28. The number of nitrogen functional groups attached to an aromatic ring is 1. The molecule has 0 amide bonds. The highest BCUT2D eigenvalue weighted by molar-refractivity contribution is 9.10. The van der Waals surface area contributed by atoms with Crippen LogP contribution in [0, 0.1) is 5.82 Å². The maximum Gasteiger partial charge on any atom is 0.123 e. The van der Waals surface area contributed by atoms with Crippen molar-refractivity contribution in [1.82, 2.24) is 9.78 Å². The SMILES string of the molecule is Nc1cn(-c2cccc(Br)c2)nc1-c1ccc(F)cc1. The quantitative estimate of drug-likeness (QED) is 0.770. The fourth-order valence-corrected chi connectivity index (χ4v) is 2.36. The van der Waals surface area contributed by atoms with Crippen LogP contribution >= 0.6 is 15.9 Å². The first-order valence-electron chi connectivity index (χ1n) is 6.00. The third kappa shape index (κ3) is 2.44. The van der Waals surface area contributed by atoms with Gasteiger partial charge in [-0.3, -0.25) is 0 Å². The van der Waals surface area contributed by atoms with Crippen molar-refractivity contribution in [2.45, 2.75) is 0 Å². The molecule has 3 aromatic rings. The largest absolute Gasteiger partial charge is 0.396 e. The molecule has 0 aliphatic carbocycles. The van der Waals surface area contributed by atoms with Gasteiger partial charge in [-0.1, -0.05) is 22.0 Å². The predicted molar refractivity (Wildman–Crippen MR) is 81.1 cm³/mol. The number of rotatable bonds is 2. The van der Waals surface area contributed by atoms with Crippen LogP contribution in [0.1, 0.15) is 0 Å². The van der Waals surface area contributed by atoms with Crippen molar-refractivity contribution in [3.8, 4) is 16.9 Å². The average Bonchev–Trinajstić information content (AvgIpc) is 2.82. The summed E-state index contributed by atoms with van der Waals surface area (Å²) in [4.78, 5) is 0. The summed E-state index contributed by atoms with van der Waals surface area (Å²) in [6.45, 7) is 0. The Morgan fingerprint density at radius 2 is 1.85 bits per heavy atom. The van der Waals surface area contributed by atoms with Crippen molar-refractivity contribution >= 4 is 21.6 Å². The molecule has 0 saturated carbocycles. The van der Waals surface area contributed by atoms with E-state index in [1.807, 2.05) is 24.3 Å². The van der Waals surface area contributed by atoms with Gasteiger partial charge in [0, 0.05) is 10.0 Å². The highest BCUT2D eigenvalue weighted by atomic mass is 79.9. The third-order valence-electron chi connectivity index (χ3n) is 2.93. The van der Waals surface area contributed by atoms with Crippen LogP contribution in [0.2, 0.25) is 0 Å². The van der Waals surface area contributed by atoms with Gasteiger partial charge in [0.15, 0.2) is 0 Å². The molecule has 0 radical (unpaired) electrons. The number of aromatic nitrogens is 2. The van der Waals surface area contributed by atoms with Gasteiger partial charge in [0.25, 0.3) is 0 Å². The highest BCUT2D eigenvalue weighted by Gasteiger charge is 2.10. The number of halogens is 2. The lowest BCUT2D eigenvalue weighted by Gasteiger charge is -2.01. The molecule has 0 atom stereocenters. The van der Waals surface area contributed by atoms with Gasteiger partial charge in [-0.2, -0.15) is 5.10 Å². The first-order chi connectivity index (χ1) is 9.63. The van der Waals surface area contributed by atoms with Gasteiger partial charge in [-0.25, -0.2) is 9.07 Å². The first kappa shape index (κ1) is 12.9.